The first kappa shape index (κ1) is 19.1. The van der Waals surface area contributed by atoms with Crippen molar-refractivity contribution in [2.45, 2.75) is 13.5 Å². The summed E-state index contributed by atoms with van der Waals surface area (Å²) in [6, 6.07) is 5.72. The highest BCUT2D eigenvalue weighted by molar-refractivity contribution is 14.0. The molecular formula is C14H21IN6O2. The van der Waals surface area contributed by atoms with Gasteiger partial charge in [-0.15, -0.1) is 34.2 Å². The van der Waals surface area contributed by atoms with Gasteiger partial charge < -0.3 is 15.4 Å². The van der Waals surface area contributed by atoms with E-state index < -0.39 is 0 Å². The van der Waals surface area contributed by atoms with E-state index in [2.05, 4.69) is 30.6 Å². The third-order valence-electron chi connectivity index (χ3n) is 3.20. The molecule has 2 N–H and O–H groups in total. The van der Waals surface area contributed by atoms with E-state index in [4.69, 9.17) is 0 Å². The standard InChI is InChI=1S/C14H20N6O2.HI/c1-10(13(21)22-3)8-16-14(15-2)17-9-12-19-18-11-6-4-5-7-20(11)12;/h4-7,10H,8-9H2,1-3H3,(H2,15,16,17);1H. The Morgan fingerprint density at radius 3 is 2.87 bits per heavy atom. The van der Waals surface area contributed by atoms with Gasteiger partial charge in [0.15, 0.2) is 17.4 Å². The van der Waals surface area contributed by atoms with E-state index in [0.29, 0.717) is 19.0 Å². The van der Waals surface area contributed by atoms with Crippen LogP contribution < -0.4 is 10.6 Å². The summed E-state index contributed by atoms with van der Waals surface area (Å²) in [5.74, 6) is 0.854. The number of carbonyl (C=O) groups excluding carboxylic acids is 1. The van der Waals surface area contributed by atoms with Crippen LogP contribution in [0.4, 0.5) is 0 Å². The molecule has 2 rings (SSSR count). The fourth-order valence-corrected chi connectivity index (χ4v) is 1.93. The zero-order valence-corrected chi connectivity index (χ0v) is 15.6. The molecule has 0 aliphatic rings. The molecule has 126 valence electrons. The number of rotatable bonds is 5. The maximum atomic E-state index is 11.4. The van der Waals surface area contributed by atoms with Crippen LogP contribution in [-0.4, -0.2) is 47.2 Å². The van der Waals surface area contributed by atoms with Gasteiger partial charge in [0.2, 0.25) is 0 Å². The van der Waals surface area contributed by atoms with Crippen LogP contribution in [0.2, 0.25) is 0 Å². The number of halogens is 1. The highest BCUT2D eigenvalue weighted by Gasteiger charge is 2.13. The van der Waals surface area contributed by atoms with Crippen molar-refractivity contribution in [2.24, 2.45) is 10.9 Å². The molecule has 2 aromatic heterocycles. The molecule has 0 aliphatic carbocycles. The maximum Gasteiger partial charge on any atom is 0.310 e. The molecule has 0 bridgehead atoms. The summed E-state index contributed by atoms with van der Waals surface area (Å²) in [4.78, 5) is 15.5. The molecule has 1 atom stereocenters. The normalized spacial score (nSPS) is 12.4. The fraction of sp³-hybridized carbons (Fsp3) is 0.429. The van der Waals surface area contributed by atoms with E-state index in [9.17, 15) is 4.79 Å². The highest BCUT2D eigenvalue weighted by atomic mass is 127. The molecule has 1 unspecified atom stereocenters. The van der Waals surface area contributed by atoms with Crippen LogP contribution in [0.3, 0.4) is 0 Å². The largest absolute Gasteiger partial charge is 0.469 e. The van der Waals surface area contributed by atoms with Crippen LogP contribution in [-0.2, 0) is 16.1 Å². The molecule has 2 aromatic rings. The third-order valence-corrected chi connectivity index (χ3v) is 3.20. The molecule has 0 fully saturated rings. The molecule has 0 aromatic carbocycles. The minimum absolute atomic E-state index is 0. The van der Waals surface area contributed by atoms with Crippen molar-refractivity contribution in [3.8, 4) is 0 Å². The smallest absolute Gasteiger partial charge is 0.310 e. The number of guanidine groups is 1. The Morgan fingerprint density at radius 2 is 2.17 bits per heavy atom. The zero-order chi connectivity index (χ0) is 15.9. The van der Waals surface area contributed by atoms with Crippen molar-refractivity contribution in [3.05, 3.63) is 30.2 Å². The van der Waals surface area contributed by atoms with Crippen LogP contribution >= 0.6 is 24.0 Å². The molecule has 0 saturated heterocycles. The first-order valence-corrected chi connectivity index (χ1v) is 6.96. The first-order valence-electron chi connectivity index (χ1n) is 6.96. The summed E-state index contributed by atoms with van der Waals surface area (Å²) >= 11 is 0. The quantitative estimate of drug-likeness (QED) is 0.315. The van der Waals surface area contributed by atoms with Crippen LogP contribution in [0, 0.1) is 5.92 Å². The van der Waals surface area contributed by atoms with Crippen LogP contribution in [0.1, 0.15) is 12.7 Å². The Balaban J connectivity index is 0.00000264. The molecule has 0 spiro atoms. The summed E-state index contributed by atoms with van der Waals surface area (Å²) in [5, 5.41) is 14.4. The topological polar surface area (TPSA) is 92.9 Å². The van der Waals surface area contributed by atoms with Gasteiger partial charge in [0.25, 0.3) is 0 Å². The number of fused-ring (bicyclic) bond motifs is 1. The number of hydrogen-bond acceptors (Lipinski definition) is 5. The number of methoxy groups -OCH3 is 1. The lowest BCUT2D eigenvalue weighted by Gasteiger charge is -2.14. The van der Waals surface area contributed by atoms with E-state index in [1.54, 1.807) is 14.0 Å². The van der Waals surface area contributed by atoms with Gasteiger partial charge in [-0.2, -0.15) is 0 Å². The van der Waals surface area contributed by atoms with Crippen LogP contribution in [0.5, 0.6) is 0 Å². The average Bonchev–Trinajstić information content (AvgIpc) is 2.97. The number of pyridine rings is 1. The van der Waals surface area contributed by atoms with E-state index in [1.165, 1.54) is 7.11 Å². The van der Waals surface area contributed by atoms with Crippen LogP contribution in [0.25, 0.3) is 5.65 Å². The summed E-state index contributed by atoms with van der Waals surface area (Å²) in [7, 11) is 3.04. The fourth-order valence-electron chi connectivity index (χ4n) is 1.93. The molecule has 0 radical (unpaired) electrons. The lowest BCUT2D eigenvalue weighted by Crippen LogP contribution is -2.40. The summed E-state index contributed by atoms with van der Waals surface area (Å²) in [5.41, 5.74) is 0.793. The Labute approximate surface area is 151 Å². The number of aliphatic imine (C=N–C) groups is 1. The second-order valence-corrected chi connectivity index (χ2v) is 4.78. The van der Waals surface area contributed by atoms with Crippen molar-refractivity contribution in [1.82, 2.24) is 25.2 Å². The molecule has 23 heavy (non-hydrogen) atoms. The van der Waals surface area contributed by atoms with Crippen molar-refractivity contribution in [3.63, 3.8) is 0 Å². The van der Waals surface area contributed by atoms with Gasteiger partial charge in [0.05, 0.1) is 19.6 Å². The van der Waals surface area contributed by atoms with E-state index in [0.717, 1.165) is 11.5 Å². The van der Waals surface area contributed by atoms with Gasteiger partial charge in [-0.3, -0.25) is 14.2 Å². The van der Waals surface area contributed by atoms with Gasteiger partial charge in [-0.25, -0.2) is 0 Å². The van der Waals surface area contributed by atoms with Gasteiger partial charge in [0.1, 0.15) is 0 Å². The third kappa shape index (κ3) is 5.05. The van der Waals surface area contributed by atoms with Crippen molar-refractivity contribution < 1.29 is 9.53 Å². The lowest BCUT2D eigenvalue weighted by atomic mass is 10.2. The molecule has 2 heterocycles. The van der Waals surface area contributed by atoms with Gasteiger partial charge in [0, 0.05) is 19.8 Å². The zero-order valence-electron chi connectivity index (χ0n) is 13.3. The van der Waals surface area contributed by atoms with Gasteiger partial charge in [-0.1, -0.05) is 13.0 Å². The number of esters is 1. The minimum atomic E-state index is -0.258. The number of nitrogens with zero attached hydrogens (tertiary/aromatic N) is 4. The summed E-state index contributed by atoms with van der Waals surface area (Å²) in [6.07, 6.45) is 1.90. The second-order valence-electron chi connectivity index (χ2n) is 4.78. The Bertz CT molecular complexity index is 672. The maximum absolute atomic E-state index is 11.4. The first-order chi connectivity index (χ1) is 10.7. The molecule has 0 aliphatic heterocycles. The molecule has 0 saturated carbocycles. The number of carbonyl (C=O) groups is 1. The van der Waals surface area contributed by atoms with E-state index in [1.807, 2.05) is 28.8 Å². The number of nitrogens with one attached hydrogen (secondary N) is 2. The number of ether oxygens (including phenoxy) is 1. The summed E-state index contributed by atoms with van der Waals surface area (Å²) in [6.45, 7) is 2.70. The Kier molecular flexibility index (Phi) is 7.72. The highest BCUT2D eigenvalue weighted by Crippen LogP contribution is 2.02. The van der Waals surface area contributed by atoms with Crippen molar-refractivity contribution in [2.75, 3.05) is 20.7 Å². The predicted octanol–water partition coefficient (Wildman–Crippen LogP) is 0.821. The minimum Gasteiger partial charge on any atom is -0.469 e. The lowest BCUT2D eigenvalue weighted by molar-refractivity contribution is -0.144. The Morgan fingerprint density at radius 1 is 1.39 bits per heavy atom. The monoisotopic (exact) mass is 432 g/mol. The number of hydrogen-bond donors (Lipinski definition) is 2. The van der Waals surface area contributed by atoms with Gasteiger partial charge in [-0.05, 0) is 12.1 Å². The average molecular weight is 432 g/mol. The summed E-state index contributed by atoms with van der Waals surface area (Å²) < 4.78 is 6.58. The molecular weight excluding hydrogens is 411 g/mol. The van der Waals surface area contributed by atoms with E-state index in [-0.39, 0.29) is 35.9 Å². The van der Waals surface area contributed by atoms with Crippen molar-refractivity contribution >= 4 is 41.6 Å². The van der Waals surface area contributed by atoms with Gasteiger partial charge >= 0.3 is 5.97 Å². The Hall–Kier alpha value is -1.91. The SMILES string of the molecule is CN=C(NCc1nnc2ccccn12)NCC(C)C(=O)OC.I. The van der Waals surface area contributed by atoms with Crippen LogP contribution in [0.15, 0.2) is 29.4 Å². The van der Waals surface area contributed by atoms with E-state index >= 15 is 0 Å². The second kappa shape index (κ2) is 9.28. The number of aromatic nitrogens is 3. The molecule has 9 heteroatoms. The molecule has 0 amide bonds. The molecule has 8 nitrogen and oxygen atoms in total. The van der Waals surface area contributed by atoms with Crippen molar-refractivity contribution in [1.29, 1.82) is 0 Å². The predicted molar refractivity (Wildman–Crippen MR) is 97.8 cm³/mol.